The molecule has 7 nitrogen and oxygen atoms in total. The predicted molar refractivity (Wildman–Crippen MR) is 120 cm³/mol. The van der Waals surface area contributed by atoms with Gasteiger partial charge in [0, 0.05) is 5.69 Å². The highest BCUT2D eigenvalue weighted by Gasteiger charge is 2.27. The van der Waals surface area contributed by atoms with Crippen LogP contribution in [0, 0.1) is 5.82 Å². The lowest BCUT2D eigenvalue weighted by Gasteiger charge is -2.24. The molecular formula is C23H23FN2O5S. The summed E-state index contributed by atoms with van der Waals surface area (Å²) in [6, 6.07) is 17.4. The minimum atomic E-state index is -4.12. The van der Waals surface area contributed by atoms with Crippen LogP contribution in [-0.2, 0) is 14.8 Å². The SMILES string of the molecule is CCOc1ccc(NC(=O)CN(c2ccc(F)cc2)S(=O)(=O)c2ccc(OC)cc2)cc1. The van der Waals surface area contributed by atoms with Crippen LogP contribution in [0.4, 0.5) is 15.8 Å². The van der Waals surface area contributed by atoms with E-state index >= 15 is 0 Å². The third kappa shape index (κ3) is 5.55. The highest BCUT2D eigenvalue weighted by molar-refractivity contribution is 7.92. The number of methoxy groups -OCH3 is 1. The Bertz CT molecular complexity index is 1150. The molecule has 0 radical (unpaired) electrons. The molecule has 9 heteroatoms. The van der Waals surface area contributed by atoms with Crippen LogP contribution in [0.5, 0.6) is 11.5 Å². The third-order valence-electron chi connectivity index (χ3n) is 4.50. The smallest absolute Gasteiger partial charge is 0.264 e. The number of rotatable bonds is 9. The Hall–Kier alpha value is -3.59. The van der Waals surface area contributed by atoms with Gasteiger partial charge in [-0.3, -0.25) is 9.10 Å². The summed E-state index contributed by atoms with van der Waals surface area (Å²) < 4.78 is 51.4. The van der Waals surface area contributed by atoms with Crippen molar-refractivity contribution in [3.05, 3.63) is 78.6 Å². The Morgan fingerprint density at radius 2 is 1.53 bits per heavy atom. The second kappa shape index (κ2) is 10.1. The number of benzene rings is 3. The molecule has 3 rings (SSSR count). The number of halogens is 1. The van der Waals surface area contributed by atoms with Crippen molar-refractivity contribution in [2.24, 2.45) is 0 Å². The summed E-state index contributed by atoms with van der Waals surface area (Å²) in [7, 11) is -2.65. The highest BCUT2D eigenvalue weighted by Crippen LogP contribution is 2.25. The molecule has 0 fully saturated rings. The minimum Gasteiger partial charge on any atom is -0.497 e. The number of carbonyl (C=O) groups excluding carboxylic acids is 1. The summed E-state index contributed by atoms with van der Waals surface area (Å²) in [4.78, 5) is 12.7. The molecule has 0 aliphatic heterocycles. The van der Waals surface area contributed by atoms with Crippen molar-refractivity contribution in [1.82, 2.24) is 0 Å². The van der Waals surface area contributed by atoms with Gasteiger partial charge in [0.15, 0.2) is 0 Å². The van der Waals surface area contributed by atoms with E-state index in [-0.39, 0.29) is 10.6 Å². The quantitative estimate of drug-likeness (QED) is 0.523. The fourth-order valence-electron chi connectivity index (χ4n) is 2.93. The van der Waals surface area contributed by atoms with Gasteiger partial charge >= 0.3 is 0 Å². The molecule has 1 amide bonds. The number of hydrogen-bond donors (Lipinski definition) is 1. The Kier molecular flexibility index (Phi) is 7.32. The number of nitrogens with one attached hydrogen (secondary N) is 1. The van der Waals surface area contributed by atoms with Crippen LogP contribution in [0.15, 0.2) is 77.7 Å². The molecule has 3 aromatic carbocycles. The lowest BCUT2D eigenvalue weighted by molar-refractivity contribution is -0.114. The molecule has 0 spiro atoms. The normalized spacial score (nSPS) is 11.0. The number of nitrogens with zero attached hydrogens (tertiary/aromatic N) is 1. The first-order chi connectivity index (χ1) is 15.3. The number of amides is 1. The van der Waals surface area contributed by atoms with Crippen molar-refractivity contribution in [2.45, 2.75) is 11.8 Å². The Morgan fingerprint density at radius 1 is 0.938 bits per heavy atom. The topological polar surface area (TPSA) is 84.9 Å². The molecular weight excluding hydrogens is 435 g/mol. The molecule has 0 aliphatic rings. The van der Waals surface area contributed by atoms with Gasteiger partial charge in [0.2, 0.25) is 5.91 Å². The van der Waals surface area contributed by atoms with E-state index in [0.717, 1.165) is 16.4 Å². The van der Waals surface area contributed by atoms with Gasteiger partial charge < -0.3 is 14.8 Å². The molecule has 1 N–H and O–H groups in total. The van der Waals surface area contributed by atoms with E-state index in [1.807, 2.05) is 6.92 Å². The molecule has 0 saturated carbocycles. The molecule has 0 saturated heterocycles. The van der Waals surface area contributed by atoms with Crippen molar-refractivity contribution >= 4 is 27.3 Å². The molecule has 0 heterocycles. The van der Waals surface area contributed by atoms with E-state index in [2.05, 4.69) is 5.32 Å². The van der Waals surface area contributed by atoms with Gasteiger partial charge in [0.05, 0.1) is 24.3 Å². The van der Waals surface area contributed by atoms with Crippen LogP contribution < -0.4 is 19.1 Å². The molecule has 0 aromatic heterocycles. The molecule has 0 atom stereocenters. The monoisotopic (exact) mass is 458 g/mol. The van der Waals surface area contributed by atoms with E-state index in [4.69, 9.17) is 9.47 Å². The summed E-state index contributed by atoms with van der Waals surface area (Å²) in [6.07, 6.45) is 0. The average molecular weight is 459 g/mol. The second-order valence-corrected chi connectivity index (χ2v) is 8.53. The lowest BCUT2D eigenvalue weighted by Crippen LogP contribution is -2.38. The summed E-state index contributed by atoms with van der Waals surface area (Å²) in [5, 5.41) is 2.67. The zero-order valence-electron chi connectivity index (χ0n) is 17.6. The van der Waals surface area contributed by atoms with Crippen LogP contribution in [0.25, 0.3) is 0 Å². The van der Waals surface area contributed by atoms with Gasteiger partial charge in [-0.05, 0) is 79.7 Å². The Balaban J connectivity index is 1.87. The maximum Gasteiger partial charge on any atom is 0.264 e. The van der Waals surface area contributed by atoms with Crippen LogP contribution in [0.2, 0.25) is 0 Å². The summed E-state index contributed by atoms with van der Waals surface area (Å²) >= 11 is 0. The average Bonchev–Trinajstić information content (AvgIpc) is 2.79. The predicted octanol–water partition coefficient (Wildman–Crippen LogP) is 4.07. The van der Waals surface area contributed by atoms with Crippen LogP contribution in [-0.4, -0.2) is 34.6 Å². The largest absolute Gasteiger partial charge is 0.497 e. The fourth-order valence-corrected chi connectivity index (χ4v) is 4.35. The van der Waals surface area contributed by atoms with Gasteiger partial charge in [0.25, 0.3) is 10.0 Å². The van der Waals surface area contributed by atoms with Gasteiger partial charge in [-0.1, -0.05) is 0 Å². The Morgan fingerprint density at radius 3 is 2.09 bits per heavy atom. The molecule has 0 aliphatic carbocycles. The Labute approximate surface area is 186 Å². The first-order valence-corrected chi connectivity index (χ1v) is 11.2. The highest BCUT2D eigenvalue weighted by atomic mass is 32.2. The fraction of sp³-hybridized carbons (Fsp3) is 0.174. The first-order valence-electron chi connectivity index (χ1n) is 9.78. The van der Waals surface area contributed by atoms with Gasteiger partial charge in [-0.2, -0.15) is 0 Å². The van der Waals surface area contributed by atoms with Crippen molar-refractivity contribution in [1.29, 1.82) is 0 Å². The van der Waals surface area contributed by atoms with Crippen molar-refractivity contribution < 1.29 is 27.1 Å². The zero-order valence-corrected chi connectivity index (χ0v) is 18.4. The van der Waals surface area contributed by atoms with Gasteiger partial charge in [0.1, 0.15) is 23.9 Å². The van der Waals surface area contributed by atoms with Gasteiger partial charge in [-0.25, -0.2) is 12.8 Å². The second-order valence-electron chi connectivity index (χ2n) is 6.67. The van der Waals surface area contributed by atoms with Gasteiger partial charge in [-0.15, -0.1) is 0 Å². The third-order valence-corrected chi connectivity index (χ3v) is 6.29. The maximum atomic E-state index is 13.4. The van der Waals surface area contributed by atoms with Crippen molar-refractivity contribution in [3.8, 4) is 11.5 Å². The van der Waals surface area contributed by atoms with Crippen molar-refractivity contribution in [2.75, 3.05) is 29.9 Å². The van der Waals surface area contributed by atoms with Crippen LogP contribution in [0.3, 0.4) is 0 Å². The molecule has 3 aromatic rings. The molecule has 168 valence electrons. The van der Waals surface area contributed by atoms with E-state index < -0.39 is 28.3 Å². The van der Waals surface area contributed by atoms with E-state index in [1.165, 1.54) is 43.5 Å². The standard InChI is InChI=1S/C23H23FN2O5S/c1-3-31-21-10-6-18(7-11-21)25-23(27)16-26(19-8-4-17(24)5-9-19)32(28,29)22-14-12-20(30-2)13-15-22/h4-15H,3,16H2,1-2H3,(H,25,27). The number of hydrogen-bond acceptors (Lipinski definition) is 5. The number of anilines is 2. The van der Waals surface area contributed by atoms with Crippen molar-refractivity contribution in [3.63, 3.8) is 0 Å². The van der Waals surface area contributed by atoms with E-state index in [9.17, 15) is 17.6 Å². The maximum absolute atomic E-state index is 13.4. The summed E-state index contributed by atoms with van der Waals surface area (Å²) in [5.41, 5.74) is 0.642. The van der Waals surface area contributed by atoms with Crippen LogP contribution in [0.1, 0.15) is 6.92 Å². The van der Waals surface area contributed by atoms with E-state index in [1.54, 1.807) is 24.3 Å². The summed E-state index contributed by atoms with van der Waals surface area (Å²) in [6.45, 7) is 1.87. The zero-order chi connectivity index (χ0) is 23.1. The van der Waals surface area contributed by atoms with Crippen LogP contribution >= 0.6 is 0 Å². The lowest BCUT2D eigenvalue weighted by atomic mass is 10.3. The minimum absolute atomic E-state index is 0.0310. The summed E-state index contributed by atoms with van der Waals surface area (Å²) in [5.74, 6) is 0.0657. The number of carbonyl (C=O) groups is 1. The van der Waals surface area contributed by atoms with E-state index in [0.29, 0.717) is 23.8 Å². The first kappa shape index (κ1) is 23.1. The molecule has 32 heavy (non-hydrogen) atoms. The number of ether oxygens (including phenoxy) is 2. The molecule has 0 bridgehead atoms. The number of sulfonamides is 1. The molecule has 0 unspecified atom stereocenters.